The van der Waals surface area contributed by atoms with Gasteiger partial charge in [0.25, 0.3) is 0 Å². The maximum atomic E-state index is 6.06. The molecule has 1 aliphatic carbocycles. The Labute approximate surface area is 109 Å². The quantitative estimate of drug-likeness (QED) is 0.475. The molecule has 0 bridgehead atoms. The summed E-state index contributed by atoms with van der Waals surface area (Å²) in [6.07, 6.45) is 10.8. The van der Waals surface area contributed by atoms with E-state index >= 15 is 0 Å². The van der Waals surface area contributed by atoms with Crippen LogP contribution in [0.2, 0.25) is 19.6 Å². The second-order valence-corrected chi connectivity index (χ2v) is 10.9. The van der Waals surface area contributed by atoms with Crippen molar-refractivity contribution in [2.75, 3.05) is 0 Å². The van der Waals surface area contributed by atoms with Crippen LogP contribution in [-0.4, -0.2) is 8.32 Å². The summed E-state index contributed by atoms with van der Waals surface area (Å²) in [4.78, 5) is 0. The van der Waals surface area contributed by atoms with Crippen molar-refractivity contribution in [2.45, 2.75) is 72.0 Å². The van der Waals surface area contributed by atoms with Crippen LogP contribution in [0, 0.1) is 11.8 Å². The molecule has 1 nitrogen and oxygen atoms in total. The molecule has 0 saturated heterocycles. The van der Waals surface area contributed by atoms with Crippen molar-refractivity contribution in [3.8, 4) is 0 Å². The zero-order valence-corrected chi connectivity index (χ0v) is 13.4. The minimum absolute atomic E-state index is 0.742. The second-order valence-electron chi connectivity index (χ2n) is 6.46. The van der Waals surface area contributed by atoms with E-state index in [0.717, 1.165) is 11.8 Å². The molecule has 1 rings (SSSR count). The zero-order chi connectivity index (χ0) is 12.9. The van der Waals surface area contributed by atoms with Gasteiger partial charge in [-0.1, -0.05) is 26.2 Å². The fraction of sp³-hybridized carbons (Fsp3) is 0.867. The Morgan fingerprint density at radius 2 is 1.82 bits per heavy atom. The first kappa shape index (κ1) is 14.8. The van der Waals surface area contributed by atoms with Crippen molar-refractivity contribution in [2.24, 2.45) is 11.8 Å². The number of hydrogen-bond donors (Lipinski definition) is 0. The number of rotatable bonds is 5. The van der Waals surface area contributed by atoms with Crippen LogP contribution in [0.25, 0.3) is 0 Å². The lowest BCUT2D eigenvalue weighted by atomic mass is 9.78. The van der Waals surface area contributed by atoms with Crippen molar-refractivity contribution in [1.82, 2.24) is 0 Å². The van der Waals surface area contributed by atoms with Crippen molar-refractivity contribution in [3.63, 3.8) is 0 Å². The molecule has 1 aliphatic rings. The van der Waals surface area contributed by atoms with Crippen LogP contribution in [0.1, 0.15) is 52.4 Å². The summed E-state index contributed by atoms with van der Waals surface area (Å²) in [5, 5.41) is 0. The Bertz CT molecular complexity index is 246. The van der Waals surface area contributed by atoms with Gasteiger partial charge in [0.2, 0.25) is 8.32 Å². The van der Waals surface area contributed by atoms with Gasteiger partial charge in [-0.2, -0.15) is 0 Å². The maximum Gasteiger partial charge on any atom is 0.241 e. The lowest BCUT2D eigenvalue weighted by Crippen LogP contribution is -2.25. The first-order valence-electron chi connectivity index (χ1n) is 7.30. The molecule has 0 radical (unpaired) electrons. The molecule has 0 aromatic carbocycles. The Balaban J connectivity index is 2.57. The molecular formula is C15H30OSi. The fourth-order valence-corrected chi connectivity index (χ4v) is 4.00. The summed E-state index contributed by atoms with van der Waals surface area (Å²) in [5.41, 5.74) is 0. The fourth-order valence-electron chi connectivity index (χ4n) is 2.97. The van der Waals surface area contributed by atoms with E-state index in [0.29, 0.717) is 0 Å². The highest BCUT2D eigenvalue weighted by atomic mass is 28.4. The molecule has 1 atom stereocenters. The number of allylic oxidation sites excluding steroid dienone is 2. The molecular weight excluding hydrogens is 224 g/mol. The standard InChI is InChI=1S/C15H30OSi/c1-6-14(15-10-8-7-9-11-15)12-13(2)16-17(3,4)5/h12,14-15H,6-11H2,1-5H3/b13-12-. The van der Waals surface area contributed by atoms with Gasteiger partial charge >= 0.3 is 0 Å². The highest BCUT2D eigenvalue weighted by molar-refractivity contribution is 6.70. The van der Waals surface area contributed by atoms with Crippen LogP contribution < -0.4 is 0 Å². The third-order valence-electron chi connectivity index (χ3n) is 3.64. The van der Waals surface area contributed by atoms with Gasteiger partial charge in [-0.05, 0) is 63.7 Å². The first-order valence-corrected chi connectivity index (χ1v) is 10.7. The second kappa shape index (κ2) is 6.63. The van der Waals surface area contributed by atoms with Crippen molar-refractivity contribution >= 4 is 8.32 Å². The molecule has 0 spiro atoms. The summed E-state index contributed by atoms with van der Waals surface area (Å²) in [7, 11) is -1.42. The van der Waals surface area contributed by atoms with E-state index < -0.39 is 8.32 Å². The van der Waals surface area contributed by atoms with Gasteiger partial charge in [-0.15, -0.1) is 0 Å². The van der Waals surface area contributed by atoms with Crippen LogP contribution >= 0.6 is 0 Å². The number of hydrogen-bond acceptors (Lipinski definition) is 1. The predicted molar refractivity (Wildman–Crippen MR) is 78.5 cm³/mol. The van der Waals surface area contributed by atoms with Crippen LogP contribution in [0.15, 0.2) is 11.8 Å². The zero-order valence-electron chi connectivity index (χ0n) is 12.4. The molecule has 17 heavy (non-hydrogen) atoms. The van der Waals surface area contributed by atoms with Gasteiger partial charge in [0.15, 0.2) is 0 Å². The van der Waals surface area contributed by atoms with Crippen LogP contribution in [0.3, 0.4) is 0 Å². The molecule has 0 aromatic rings. The molecule has 1 saturated carbocycles. The minimum Gasteiger partial charge on any atom is -0.548 e. The minimum atomic E-state index is -1.42. The SMILES string of the molecule is CCC(/C=C(/C)O[Si](C)(C)C)C1CCCCC1. The molecule has 1 fully saturated rings. The molecule has 0 N–H and O–H groups in total. The van der Waals surface area contributed by atoms with E-state index in [4.69, 9.17) is 4.43 Å². The predicted octanol–water partition coefficient (Wildman–Crippen LogP) is 5.35. The van der Waals surface area contributed by atoms with E-state index in [1.54, 1.807) is 0 Å². The van der Waals surface area contributed by atoms with Crippen molar-refractivity contribution < 1.29 is 4.43 Å². The molecule has 0 aromatic heterocycles. The largest absolute Gasteiger partial charge is 0.548 e. The van der Waals surface area contributed by atoms with E-state index in [1.807, 2.05) is 0 Å². The highest BCUT2D eigenvalue weighted by Crippen LogP contribution is 2.33. The van der Waals surface area contributed by atoms with Gasteiger partial charge in [0.05, 0.1) is 5.76 Å². The summed E-state index contributed by atoms with van der Waals surface area (Å²) < 4.78 is 6.06. The van der Waals surface area contributed by atoms with E-state index in [-0.39, 0.29) is 0 Å². The van der Waals surface area contributed by atoms with E-state index in [1.165, 1.54) is 44.3 Å². The van der Waals surface area contributed by atoms with Gasteiger partial charge in [0.1, 0.15) is 0 Å². The van der Waals surface area contributed by atoms with E-state index in [9.17, 15) is 0 Å². The Hall–Kier alpha value is -0.243. The Morgan fingerprint density at radius 1 is 1.24 bits per heavy atom. The summed E-state index contributed by atoms with van der Waals surface area (Å²) in [6.45, 7) is 11.2. The lowest BCUT2D eigenvalue weighted by Gasteiger charge is -2.29. The first-order chi connectivity index (χ1) is 7.92. The van der Waals surface area contributed by atoms with Crippen LogP contribution in [-0.2, 0) is 4.43 Å². The van der Waals surface area contributed by atoms with Gasteiger partial charge in [0, 0.05) is 0 Å². The molecule has 0 aliphatic heterocycles. The average molecular weight is 254 g/mol. The third kappa shape index (κ3) is 5.76. The van der Waals surface area contributed by atoms with Gasteiger partial charge in [-0.25, -0.2) is 0 Å². The van der Waals surface area contributed by atoms with Crippen molar-refractivity contribution in [1.29, 1.82) is 0 Å². The molecule has 0 heterocycles. The highest BCUT2D eigenvalue weighted by Gasteiger charge is 2.22. The van der Waals surface area contributed by atoms with Gasteiger partial charge < -0.3 is 4.43 Å². The summed E-state index contributed by atoms with van der Waals surface area (Å²) in [5.74, 6) is 2.82. The lowest BCUT2D eigenvalue weighted by molar-refractivity contribution is 0.274. The van der Waals surface area contributed by atoms with Crippen molar-refractivity contribution in [3.05, 3.63) is 11.8 Å². The van der Waals surface area contributed by atoms with E-state index in [2.05, 4.69) is 39.6 Å². The molecule has 1 unspecified atom stereocenters. The molecule has 100 valence electrons. The topological polar surface area (TPSA) is 9.23 Å². The Morgan fingerprint density at radius 3 is 2.29 bits per heavy atom. The summed E-state index contributed by atoms with van der Waals surface area (Å²) >= 11 is 0. The molecule has 0 amide bonds. The maximum absolute atomic E-state index is 6.06. The monoisotopic (exact) mass is 254 g/mol. The molecule has 2 heteroatoms. The third-order valence-corrected chi connectivity index (χ3v) is 4.58. The smallest absolute Gasteiger partial charge is 0.241 e. The van der Waals surface area contributed by atoms with Crippen LogP contribution in [0.4, 0.5) is 0 Å². The summed E-state index contributed by atoms with van der Waals surface area (Å²) in [6, 6.07) is 0. The normalized spacial score (nSPS) is 21.4. The Kier molecular flexibility index (Phi) is 5.77. The van der Waals surface area contributed by atoms with Crippen LogP contribution in [0.5, 0.6) is 0 Å². The average Bonchev–Trinajstić information content (AvgIpc) is 2.24. The van der Waals surface area contributed by atoms with Gasteiger partial charge in [-0.3, -0.25) is 0 Å².